The molecule has 0 bridgehead atoms. The molecule has 0 aromatic carbocycles. The summed E-state index contributed by atoms with van der Waals surface area (Å²) in [4.78, 5) is 1.25. The van der Waals surface area contributed by atoms with Gasteiger partial charge in [-0.1, -0.05) is 18.3 Å². The normalized spacial score (nSPS) is 12.9. The second-order valence-electron chi connectivity index (χ2n) is 4.05. The van der Waals surface area contributed by atoms with Crippen molar-refractivity contribution in [1.82, 2.24) is 15.5 Å². The average molecular weight is 267 g/mol. The number of nitrogens with one attached hydrogen (secondary N) is 1. The fourth-order valence-corrected chi connectivity index (χ4v) is 3.49. The van der Waals surface area contributed by atoms with Crippen LogP contribution < -0.4 is 5.32 Å². The van der Waals surface area contributed by atoms with Crippen LogP contribution in [0, 0.1) is 6.92 Å². The summed E-state index contributed by atoms with van der Waals surface area (Å²) in [6.45, 7) is 7.45. The van der Waals surface area contributed by atoms with Crippen LogP contribution in [0.1, 0.15) is 36.9 Å². The van der Waals surface area contributed by atoms with Gasteiger partial charge in [-0.3, -0.25) is 0 Å². The van der Waals surface area contributed by atoms with Crippen molar-refractivity contribution in [2.45, 2.75) is 33.2 Å². The summed E-state index contributed by atoms with van der Waals surface area (Å²) in [5.41, 5.74) is 1.28. The molecule has 0 saturated carbocycles. The summed E-state index contributed by atoms with van der Waals surface area (Å²) >= 11 is 3.42. The molecule has 5 heteroatoms. The van der Waals surface area contributed by atoms with E-state index in [2.05, 4.69) is 47.7 Å². The van der Waals surface area contributed by atoms with E-state index in [1.807, 2.05) is 0 Å². The van der Waals surface area contributed by atoms with Gasteiger partial charge in [0.15, 0.2) is 5.01 Å². The lowest BCUT2D eigenvalue weighted by Crippen LogP contribution is -2.18. The Kier molecular flexibility index (Phi) is 4.25. The van der Waals surface area contributed by atoms with E-state index in [1.165, 1.54) is 10.4 Å². The molecule has 92 valence electrons. The first-order valence-corrected chi connectivity index (χ1v) is 7.53. The van der Waals surface area contributed by atoms with Crippen molar-refractivity contribution >= 4 is 22.7 Å². The minimum Gasteiger partial charge on any atom is -0.308 e. The van der Waals surface area contributed by atoms with Crippen LogP contribution in [0.5, 0.6) is 0 Å². The Morgan fingerprint density at radius 3 is 2.88 bits per heavy atom. The van der Waals surface area contributed by atoms with E-state index in [-0.39, 0.29) is 0 Å². The molecule has 0 aliphatic rings. The molecule has 0 aliphatic carbocycles. The molecule has 0 aliphatic heterocycles. The topological polar surface area (TPSA) is 37.8 Å². The Hall–Kier alpha value is -0.780. The molecule has 1 N–H and O–H groups in total. The van der Waals surface area contributed by atoms with Gasteiger partial charge in [0.2, 0.25) is 0 Å². The maximum absolute atomic E-state index is 4.29. The maximum Gasteiger partial charge on any atom is 0.158 e. The van der Waals surface area contributed by atoms with Crippen molar-refractivity contribution in [1.29, 1.82) is 0 Å². The second kappa shape index (κ2) is 5.71. The molecule has 0 spiro atoms. The lowest BCUT2D eigenvalue weighted by molar-refractivity contribution is 0.564. The van der Waals surface area contributed by atoms with E-state index < -0.39 is 0 Å². The van der Waals surface area contributed by atoms with Crippen LogP contribution in [0.15, 0.2) is 11.4 Å². The maximum atomic E-state index is 4.29. The number of rotatable bonds is 5. The Bertz CT molecular complexity index is 476. The van der Waals surface area contributed by atoms with Gasteiger partial charge in [0, 0.05) is 0 Å². The van der Waals surface area contributed by atoms with Crippen LogP contribution in [0.2, 0.25) is 0 Å². The summed E-state index contributed by atoms with van der Waals surface area (Å²) in [6.07, 6.45) is 1.14. The molecule has 3 nitrogen and oxygen atoms in total. The summed E-state index contributed by atoms with van der Waals surface area (Å²) in [7, 11) is 0. The molecule has 2 heterocycles. The van der Waals surface area contributed by atoms with Gasteiger partial charge >= 0.3 is 0 Å². The number of aryl methyl sites for hydroxylation is 1. The highest BCUT2D eigenvalue weighted by atomic mass is 32.1. The van der Waals surface area contributed by atoms with Crippen molar-refractivity contribution in [3.8, 4) is 9.88 Å². The van der Waals surface area contributed by atoms with Crippen molar-refractivity contribution in [3.05, 3.63) is 22.0 Å². The number of thiophene rings is 1. The first kappa shape index (κ1) is 12.7. The van der Waals surface area contributed by atoms with Crippen LogP contribution in [-0.2, 0) is 0 Å². The molecule has 17 heavy (non-hydrogen) atoms. The van der Waals surface area contributed by atoms with Gasteiger partial charge in [-0.15, -0.1) is 21.5 Å². The molecule has 2 aromatic rings. The van der Waals surface area contributed by atoms with Gasteiger partial charge < -0.3 is 5.32 Å². The number of aromatic nitrogens is 2. The monoisotopic (exact) mass is 267 g/mol. The first-order valence-electron chi connectivity index (χ1n) is 5.83. The molecule has 0 fully saturated rings. The van der Waals surface area contributed by atoms with Gasteiger partial charge in [-0.2, -0.15) is 0 Å². The van der Waals surface area contributed by atoms with Gasteiger partial charge in [0.25, 0.3) is 0 Å². The minimum absolute atomic E-state index is 0.293. The Labute approximate surface area is 110 Å². The highest BCUT2D eigenvalue weighted by molar-refractivity contribution is 7.20. The highest BCUT2D eigenvalue weighted by Crippen LogP contribution is 2.32. The number of hydrogen-bond acceptors (Lipinski definition) is 5. The quantitative estimate of drug-likeness (QED) is 0.899. The highest BCUT2D eigenvalue weighted by Gasteiger charge is 2.14. The van der Waals surface area contributed by atoms with Gasteiger partial charge in [0.05, 0.1) is 10.9 Å². The zero-order valence-electron chi connectivity index (χ0n) is 10.4. The molecule has 0 amide bonds. The third kappa shape index (κ3) is 2.91. The summed E-state index contributed by atoms with van der Waals surface area (Å²) in [5, 5.41) is 16.2. The largest absolute Gasteiger partial charge is 0.308 e. The molecule has 2 aromatic heterocycles. The van der Waals surface area contributed by atoms with E-state index in [0.29, 0.717) is 6.04 Å². The number of hydrogen-bond donors (Lipinski definition) is 1. The molecular weight excluding hydrogens is 250 g/mol. The molecule has 0 saturated heterocycles. The van der Waals surface area contributed by atoms with E-state index in [1.54, 1.807) is 22.7 Å². The standard InChI is InChI=1S/C12H17N3S2/c1-4-6-13-9(3)11-14-15-12(17-11)10-8(2)5-7-16-10/h5,7,9,13H,4,6H2,1-3H3. The van der Waals surface area contributed by atoms with Crippen LogP contribution in [0.4, 0.5) is 0 Å². The third-order valence-corrected chi connectivity index (χ3v) is 4.84. The molecule has 1 atom stereocenters. The summed E-state index contributed by atoms with van der Waals surface area (Å²) in [6, 6.07) is 2.42. The van der Waals surface area contributed by atoms with E-state index in [0.717, 1.165) is 23.0 Å². The fourth-order valence-electron chi connectivity index (χ4n) is 1.54. The van der Waals surface area contributed by atoms with Crippen molar-refractivity contribution in [2.24, 2.45) is 0 Å². The van der Waals surface area contributed by atoms with Crippen molar-refractivity contribution in [3.63, 3.8) is 0 Å². The zero-order valence-corrected chi connectivity index (χ0v) is 12.0. The smallest absolute Gasteiger partial charge is 0.158 e. The van der Waals surface area contributed by atoms with E-state index >= 15 is 0 Å². The predicted molar refractivity (Wildman–Crippen MR) is 74.7 cm³/mol. The van der Waals surface area contributed by atoms with Gasteiger partial charge in [-0.05, 0) is 43.8 Å². The molecule has 1 unspecified atom stereocenters. The molecular formula is C12H17N3S2. The van der Waals surface area contributed by atoms with Crippen LogP contribution in [-0.4, -0.2) is 16.7 Å². The Balaban J connectivity index is 2.13. The summed E-state index contributed by atoms with van der Waals surface area (Å²) < 4.78 is 0. The summed E-state index contributed by atoms with van der Waals surface area (Å²) in [5.74, 6) is 0. The van der Waals surface area contributed by atoms with E-state index in [9.17, 15) is 0 Å². The lowest BCUT2D eigenvalue weighted by Gasteiger charge is -2.08. The van der Waals surface area contributed by atoms with Crippen LogP contribution in [0.25, 0.3) is 9.88 Å². The lowest BCUT2D eigenvalue weighted by atomic mass is 10.3. The van der Waals surface area contributed by atoms with Crippen LogP contribution >= 0.6 is 22.7 Å². The third-order valence-electron chi connectivity index (χ3n) is 2.57. The van der Waals surface area contributed by atoms with Gasteiger partial charge in [0.1, 0.15) is 5.01 Å². The zero-order chi connectivity index (χ0) is 12.3. The number of nitrogens with zero attached hydrogens (tertiary/aromatic N) is 2. The van der Waals surface area contributed by atoms with E-state index in [4.69, 9.17) is 0 Å². The minimum atomic E-state index is 0.293. The Morgan fingerprint density at radius 2 is 2.24 bits per heavy atom. The SMILES string of the molecule is CCCNC(C)c1nnc(-c2sccc2C)s1. The van der Waals surface area contributed by atoms with Crippen LogP contribution in [0.3, 0.4) is 0 Å². The van der Waals surface area contributed by atoms with Gasteiger partial charge in [-0.25, -0.2) is 0 Å². The molecule has 2 rings (SSSR count). The fraction of sp³-hybridized carbons (Fsp3) is 0.500. The first-order chi connectivity index (χ1) is 8.22. The predicted octanol–water partition coefficient (Wildman–Crippen LogP) is 3.64. The Morgan fingerprint density at radius 1 is 1.41 bits per heavy atom. The second-order valence-corrected chi connectivity index (χ2v) is 5.98. The molecule has 0 radical (unpaired) electrons. The van der Waals surface area contributed by atoms with Crippen molar-refractivity contribution in [2.75, 3.05) is 6.54 Å². The van der Waals surface area contributed by atoms with Crippen molar-refractivity contribution < 1.29 is 0 Å². The average Bonchev–Trinajstić information content (AvgIpc) is 2.93.